The molecule has 0 saturated carbocycles. The second-order valence-corrected chi connectivity index (χ2v) is 4.76. The first-order chi connectivity index (χ1) is 11.2. The van der Waals surface area contributed by atoms with Crippen LogP contribution in [0, 0.1) is 0 Å². The fraction of sp³-hybridized carbons (Fsp3) is 0.133. The van der Waals surface area contributed by atoms with Crippen molar-refractivity contribution in [2.45, 2.75) is 6.61 Å². The van der Waals surface area contributed by atoms with E-state index in [0.29, 0.717) is 23.0 Å². The maximum absolute atomic E-state index is 5.65. The molecule has 0 radical (unpaired) electrons. The summed E-state index contributed by atoms with van der Waals surface area (Å²) in [6.07, 6.45) is 0. The largest absolute Gasteiger partial charge is 0.389 e. The van der Waals surface area contributed by atoms with E-state index in [2.05, 4.69) is 25.7 Å². The monoisotopic (exact) mass is 309 g/mol. The van der Waals surface area contributed by atoms with Gasteiger partial charge in [-0.1, -0.05) is 41.6 Å². The molecule has 0 saturated heterocycles. The number of hydrogen-bond donors (Lipinski definition) is 1. The van der Waals surface area contributed by atoms with Crippen LogP contribution in [0.4, 0.5) is 5.82 Å². The van der Waals surface area contributed by atoms with Crippen LogP contribution in [0.15, 0.2) is 53.7 Å². The van der Waals surface area contributed by atoms with Gasteiger partial charge in [-0.15, -0.1) is 5.10 Å². The number of rotatable bonds is 5. The second kappa shape index (κ2) is 6.65. The van der Waals surface area contributed by atoms with E-state index in [1.54, 1.807) is 13.1 Å². The molecule has 2 heterocycles. The third-order valence-corrected chi connectivity index (χ3v) is 3.08. The predicted octanol–water partition coefficient (Wildman–Crippen LogP) is 1.16. The van der Waals surface area contributed by atoms with Crippen molar-refractivity contribution >= 4 is 11.5 Å². The number of pyridine rings is 1. The average Bonchev–Trinajstić information content (AvgIpc) is 2.98. The van der Waals surface area contributed by atoms with E-state index in [1.807, 2.05) is 42.5 Å². The van der Waals surface area contributed by atoms with Gasteiger partial charge in [-0.2, -0.15) is 0 Å². The van der Waals surface area contributed by atoms with Crippen LogP contribution < -0.4 is 5.73 Å². The summed E-state index contributed by atoms with van der Waals surface area (Å²) in [5.41, 5.74) is 7.73. The summed E-state index contributed by atoms with van der Waals surface area (Å²) in [5.74, 6) is 0.951. The highest BCUT2D eigenvalue weighted by atomic mass is 16.6. The van der Waals surface area contributed by atoms with Gasteiger partial charge < -0.3 is 10.6 Å². The Bertz CT molecular complexity index is 813. The van der Waals surface area contributed by atoms with Gasteiger partial charge in [0, 0.05) is 12.6 Å². The fourth-order valence-corrected chi connectivity index (χ4v) is 1.99. The third kappa shape index (κ3) is 3.49. The van der Waals surface area contributed by atoms with E-state index >= 15 is 0 Å². The maximum atomic E-state index is 5.65. The molecule has 2 N–H and O–H groups in total. The molecule has 8 nitrogen and oxygen atoms in total. The minimum absolute atomic E-state index is 0.201. The van der Waals surface area contributed by atoms with Crippen LogP contribution >= 0.6 is 0 Å². The SMILES string of the molecule is Cn1nnnc1C(=NOCc1cccc(N)n1)c1ccccc1. The van der Waals surface area contributed by atoms with Crippen molar-refractivity contribution in [3.63, 3.8) is 0 Å². The summed E-state index contributed by atoms with van der Waals surface area (Å²) in [6.45, 7) is 0.201. The zero-order valence-corrected chi connectivity index (χ0v) is 12.5. The Balaban J connectivity index is 1.85. The smallest absolute Gasteiger partial charge is 0.204 e. The Hall–Kier alpha value is -3.29. The number of aromatic nitrogens is 5. The molecule has 2 aromatic heterocycles. The number of nitrogens with zero attached hydrogens (tertiary/aromatic N) is 6. The topological polar surface area (TPSA) is 104 Å². The molecule has 0 atom stereocenters. The number of benzene rings is 1. The Kier molecular flexibility index (Phi) is 4.23. The molecule has 0 fully saturated rings. The molecule has 0 aliphatic heterocycles. The van der Waals surface area contributed by atoms with Crippen molar-refractivity contribution in [2.24, 2.45) is 12.2 Å². The van der Waals surface area contributed by atoms with Crippen LogP contribution in [0.5, 0.6) is 0 Å². The summed E-state index contributed by atoms with van der Waals surface area (Å²) < 4.78 is 1.54. The van der Waals surface area contributed by atoms with Gasteiger partial charge in [-0.3, -0.25) is 0 Å². The fourth-order valence-electron chi connectivity index (χ4n) is 1.99. The summed E-state index contributed by atoms with van der Waals surface area (Å²) >= 11 is 0. The lowest BCUT2D eigenvalue weighted by molar-refractivity contribution is 0.128. The van der Waals surface area contributed by atoms with Gasteiger partial charge in [0.15, 0.2) is 12.3 Å². The molecule has 8 heteroatoms. The number of hydrogen-bond acceptors (Lipinski definition) is 7. The normalized spacial score (nSPS) is 11.4. The van der Waals surface area contributed by atoms with Crippen molar-refractivity contribution < 1.29 is 4.84 Å². The number of nitrogen functional groups attached to an aromatic ring is 1. The van der Waals surface area contributed by atoms with E-state index in [9.17, 15) is 0 Å². The number of nitrogens with two attached hydrogens (primary N) is 1. The standard InChI is InChI=1S/C15H15N7O/c1-22-15(18-20-21-22)14(11-6-3-2-4-7-11)19-23-10-12-8-5-9-13(16)17-12/h2-9H,10H2,1H3,(H2,16,17). The third-order valence-electron chi connectivity index (χ3n) is 3.08. The molecule has 0 aliphatic carbocycles. The van der Waals surface area contributed by atoms with Gasteiger partial charge in [0.2, 0.25) is 5.82 Å². The summed E-state index contributed by atoms with van der Waals surface area (Å²) in [7, 11) is 1.74. The molecular weight excluding hydrogens is 294 g/mol. The number of tetrazole rings is 1. The van der Waals surface area contributed by atoms with Crippen molar-refractivity contribution in [1.82, 2.24) is 25.2 Å². The van der Waals surface area contributed by atoms with Crippen LogP contribution in [0.1, 0.15) is 17.1 Å². The summed E-state index contributed by atoms with van der Waals surface area (Å²) in [5, 5.41) is 15.7. The Labute approximate surface area is 132 Å². The van der Waals surface area contributed by atoms with Gasteiger partial charge in [0.05, 0.1) is 5.69 Å². The highest BCUT2D eigenvalue weighted by molar-refractivity contribution is 6.10. The zero-order valence-electron chi connectivity index (χ0n) is 12.5. The summed E-state index contributed by atoms with van der Waals surface area (Å²) in [4.78, 5) is 9.59. The van der Waals surface area contributed by atoms with E-state index in [4.69, 9.17) is 10.6 Å². The number of aryl methyl sites for hydroxylation is 1. The first kappa shape index (κ1) is 14.6. The molecule has 0 bridgehead atoms. The second-order valence-electron chi connectivity index (χ2n) is 4.76. The number of anilines is 1. The van der Waals surface area contributed by atoms with Crippen LogP contribution in [-0.4, -0.2) is 30.9 Å². The zero-order chi connectivity index (χ0) is 16.1. The quantitative estimate of drug-likeness (QED) is 0.560. The molecule has 0 aliphatic rings. The Morgan fingerprint density at radius 2 is 2.00 bits per heavy atom. The maximum Gasteiger partial charge on any atom is 0.204 e. The lowest BCUT2D eigenvalue weighted by atomic mass is 10.1. The van der Waals surface area contributed by atoms with Crippen LogP contribution in [-0.2, 0) is 18.5 Å². The first-order valence-corrected chi connectivity index (χ1v) is 6.93. The Morgan fingerprint density at radius 1 is 1.17 bits per heavy atom. The van der Waals surface area contributed by atoms with Crippen molar-refractivity contribution in [3.8, 4) is 0 Å². The van der Waals surface area contributed by atoms with Crippen LogP contribution in [0.2, 0.25) is 0 Å². The molecule has 0 amide bonds. The minimum Gasteiger partial charge on any atom is -0.389 e. The van der Waals surface area contributed by atoms with E-state index in [1.165, 1.54) is 4.68 Å². The number of oxime groups is 1. The van der Waals surface area contributed by atoms with E-state index < -0.39 is 0 Å². The van der Waals surface area contributed by atoms with Crippen molar-refractivity contribution in [2.75, 3.05) is 5.73 Å². The molecule has 3 aromatic rings. The van der Waals surface area contributed by atoms with Gasteiger partial charge in [0.1, 0.15) is 5.82 Å². The lowest BCUT2D eigenvalue weighted by Gasteiger charge is -2.06. The molecule has 1 aromatic carbocycles. The molecule has 0 unspecified atom stereocenters. The first-order valence-electron chi connectivity index (χ1n) is 6.93. The highest BCUT2D eigenvalue weighted by Gasteiger charge is 2.14. The van der Waals surface area contributed by atoms with E-state index in [0.717, 1.165) is 5.56 Å². The van der Waals surface area contributed by atoms with Gasteiger partial charge in [-0.05, 0) is 22.6 Å². The van der Waals surface area contributed by atoms with Crippen LogP contribution in [0.3, 0.4) is 0 Å². The predicted molar refractivity (Wildman–Crippen MR) is 84.3 cm³/mol. The lowest BCUT2D eigenvalue weighted by Crippen LogP contribution is -2.12. The highest BCUT2D eigenvalue weighted by Crippen LogP contribution is 2.09. The van der Waals surface area contributed by atoms with Crippen molar-refractivity contribution in [3.05, 3.63) is 65.6 Å². The summed E-state index contributed by atoms with van der Waals surface area (Å²) in [6, 6.07) is 14.9. The molecule has 0 spiro atoms. The molecular formula is C15H15N7O. The Morgan fingerprint density at radius 3 is 2.70 bits per heavy atom. The van der Waals surface area contributed by atoms with Crippen molar-refractivity contribution in [1.29, 1.82) is 0 Å². The van der Waals surface area contributed by atoms with Gasteiger partial charge in [-0.25, -0.2) is 9.67 Å². The van der Waals surface area contributed by atoms with Crippen LogP contribution in [0.25, 0.3) is 0 Å². The van der Waals surface area contributed by atoms with E-state index in [-0.39, 0.29) is 6.61 Å². The van der Waals surface area contributed by atoms with Gasteiger partial charge in [0.25, 0.3) is 0 Å². The molecule has 3 rings (SSSR count). The molecule has 23 heavy (non-hydrogen) atoms. The average molecular weight is 309 g/mol. The molecule has 116 valence electrons. The van der Waals surface area contributed by atoms with Gasteiger partial charge >= 0.3 is 0 Å². The minimum atomic E-state index is 0.201.